The molecule has 0 unspecified atom stereocenters. The maximum Gasteiger partial charge on any atom is 0.126 e. The smallest absolute Gasteiger partial charge is 0.126 e. The van der Waals surface area contributed by atoms with Gasteiger partial charge in [0, 0.05) is 49.4 Å². The summed E-state index contributed by atoms with van der Waals surface area (Å²) in [5.41, 5.74) is 0. The van der Waals surface area contributed by atoms with Crippen LogP contribution in [0.5, 0.6) is 0 Å². The molecule has 0 aromatic carbocycles. The summed E-state index contributed by atoms with van der Waals surface area (Å²) in [5.74, 6) is 0.167. The Bertz CT molecular complexity index is 29.9. The maximum absolute atomic E-state index is 9.44. The Hall–Kier alpha value is 1.25. The fourth-order valence-corrected chi connectivity index (χ4v) is 0. The summed E-state index contributed by atoms with van der Waals surface area (Å²) < 4.78 is 0. The van der Waals surface area contributed by atoms with E-state index in [0.717, 1.165) is 0 Å². The van der Waals surface area contributed by atoms with Gasteiger partial charge in [-0.05, 0) is 13.8 Å². The number of carbonyl (C=O) groups excluding carboxylic acids is 1. The monoisotopic (exact) mass is 211 g/mol. The van der Waals surface area contributed by atoms with Crippen molar-refractivity contribution < 1.29 is 54.2 Å². The average Bonchev–Trinajstić information content (AvgIpc) is 0.811. The zero-order chi connectivity index (χ0) is 3.58. The molecule has 1 radical (unpaired) electrons. The van der Waals surface area contributed by atoms with Gasteiger partial charge in [-0.2, -0.15) is 0 Å². The molecule has 0 aliphatic carbocycles. The van der Waals surface area contributed by atoms with Gasteiger partial charge in [-0.1, -0.05) is 0 Å². The van der Waals surface area contributed by atoms with Crippen molar-refractivity contribution >= 4 is 5.78 Å². The SMILES string of the molecule is CC(C)=O.[Eu]. The predicted octanol–water partition coefficient (Wildman–Crippen LogP) is 0.595. The molecule has 0 aliphatic rings. The molecule has 31 valence electrons. The van der Waals surface area contributed by atoms with Crippen LogP contribution in [0.15, 0.2) is 0 Å². The minimum atomic E-state index is 0. The Morgan fingerprint density at radius 3 is 1.40 bits per heavy atom. The fourth-order valence-electron chi connectivity index (χ4n) is 0. The van der Waals surface area contributed by atoms with Crippen molar-refractivity contribution in [2.24, 2.45) is 0 Å². The van der Waals surface area contributed by atoms with Gasteiger partial charge in [0.25, 0.3) is 0 Å². The van der Waals surface area contributed by atoms with Gasteiger partial charge in [-0.3, -0.25) is 0 Å². The van der Waals surface area contributed by atoms with E-state index in [4.69, 9.17) is 0 Å². The standard InChI is InChI=1S/C3H6O.Eu/c1-3(2)4;/h1-2H3;. The molecule has 0 rings (SSSR count). The Morgan fingerprint density at radius 1 is 1.40 bits per heavy atom. The van der Waals surface area contributed by atoms with E-state index in [-0.39, 0.29) is 55.2 Å². The minimum absolute atomic E-state index is 0. The third-order valence-electron chi connectivity index (χ3n) is 0. The number of Topliss-reactive ketones (excluding diaryl/α,β-unsaturated/α-hetero) is 1. The molecule has 0 amide bonds. The second-order valence-electron chi connectivity index (χ2n) is 0.908. The number of hydrogen-bond acceptors (Lipinski definition) is 1. The summed E-state index contributed by atoms with van der Waals surface area (Å²) in [6.45, 7) is 3.06. The van der Waals surface area contributed by atoms with Crippen molar-refractivity contribution in [3.63, 3.8) is 0 Å². The van der Waals surface area contributed by atoms with Gasteiger partial charge in [0.2, 0.25) is 0 Å². The molecule has 0 heterocycles. The molecule has 0 aromatic rings. The van der Waals surface area contributed by atoms with E-state index in [2.05, 4.69) is 0 Å². The van der Waals surface area contributed by atoms with E-state index < -0.39 is 0 Å². The topological polar surface area (TPSA) is 17.1 Å². The molecule has 0 aromatic heterocycles. The second-order valence-corrected chi connectivity index (χ2v) is 0.908. The molecule has 0 aliphatic heterocycles. The van der Waals surface area contributed by atoms with E-state index in [1.54, 1.807) is 0 Å². The van der Waals surface area contributed by atoms with Gasteiger partial charge in [0.05, 0.1) is 0 Å². The van der Waals surface area contributed by atoms with Crippen LogP contribution in [-0.2, 0) is 4.79 Å². The normalized spacial score (nSPS) is 5.20. The first-order valence-corrected chi connectivity index (χ1v) is 1.20. The quantitative estimate of drug-likeness (QED) is 0.572. The van der Waals surface area contributed by atoms with E-state index in [0.29, 0.717) is 0 Å². The number of hydrogen-bond donors (Lipinski definition) is 0. The maximum atomic E-state index is 9.44. The molecule has 0 spiro atoms. The summed E-state index contributed by atoms with van der Waals surface area (Å²) in [5, 5.41) is 0. The van der Waals surface area contributed by atoms with Gasteiger partial charge in [0.1, 0.15) is 5.78 Å². The molecule has 1 nitrogen and oxygen atoms in total. The van der Waals surface area contributed by atoms with Crippen molar-refractivity contribution in [2.45, 2.75) is 13.8 Å². The van der Waals surface area contributed by atoms with Crippen LogP contribution in [0.4, 0.5) is 0 Å². The first-order valence-electron chi connectivity index (χ1n) is 1.20. The molecule has 0 saturated heterocycles. The van der Waals surface area contributed by atoms with Gasteiger partial charge in [-0.15, -0.1) is 0 Å². The number of carbonyl (C=O) groups is 1. The van der Waals surface area contributed by atoms with Gasteiger partial charge >= 0.3 is 0 Å². The van der Waals surface area contributed by atoms with Crippen molar-refractivity contribution in [1.29, 1.82) is 0 Å². The molecule has 2 heteroatoms. The van der Waals surface area contributed by atoms with Crippen LogP contribution < -0.4 is 0 Å². The summed E-state index contributed by atoms with van der Waals surface area (Å²) >= 11 is 0. The van der Waals surface area contributed by atoms with Crippen LogP contribution >= 0.6 is 0 Å². The first kappa shape index (κ1) is 9.54. The largest absolute Gasteiger partial charge is 0.300 e. The van der Waals surface area contributed by atoms with E-state index in [1.165, 1.54) is 13.8 Å². The number of rotatable bonds is 0. The van der Waals surface area contributed by atoms with Crippen LogP contribution in [0, 0.1) is 49.4 Å². The van der Waals surface area contributed by atoms with Gasteiger partial charge in [-0.25, -0.2) is 0 Å². The molecule has 0 fully saturated rings. The van der Waals surface area contributed by atoms with Crippen LogP contribution in [0.25, 0.3) is 0 Å². The summed E-state index contributed by atoms with van der Waals surface area (Å²) in [7, 11) is 0. The third kappa shape index (κ3) is 35.4. The molecule has 0 bridgehead atoms. The summed E-state index contributed by atoms with van der Waals surface area (Å²) in [6, 6.07) is 0. The Kier molecular flexibility index (Phi) is 10.0. The molecular formula is C3H6EuO. The Balaban J connectivity index is 0. The average molecular weight is 210 g/mol. The van der Waals surface area contributed by atoms with Crippen LogP contribution in [0.2, 0.25) is 0 Å². The third-order valence-corrected chi connectivity index (χ3v) is 0. The van der Waals surface area contributed by atoms with E-state index in [9.17, 15) is 4.79 Å². The van der Waals surface area contributed by atoms with Crippen LogP contribution in [0.1, 0.15) is 13.8 Å². The first-order chi connectivity index (χ1) is 1.73. The zero-order valence-electron chi connectivity index (χ0n) is 3.29. The summed E-state index contributed by atoms with van der Waals surface area (Å²) in [6.07, 6.45) is 0. The molecular weight excluding hydrogens is 204 g/mol. The van der Waals surface area contributed by atoms with Crippen molar-refractivity contribution in [2.75, 3.05) is 0 Å². The molecule has 0 atom stereocenters. The predicted molar refractivity (Wildman–Crippen MR) is 16.4 cm³/mol. The fraction of sp³-hybridized carbons (Fsp3) is 0.667. The van der Waals surface area contributed by atoms with Crippen LogP contribution in [0.3, 0.4) is 0 Å². The van der Waals surface area contributed by atoms with Gasteiger partial charge < -0.3 is 4.79 Å². The second kappa shape index (κ2) is 5.25. The van der Waals surface area contributed by atoms with Crippen molar-refractivity contribution in [3.05, 3.63) is 0 Å². The Morgan fingerprint density at radius 2 is 1.40 bits per heavy atom. The number of ketones is 1. The van der Waals surface area contributed by atoms with Crippen molar-refractivity contribution in [3.8, 4) is 0 Å². The van der Waals surface area contributed by atoms with E-state index in [1.807, 2.05) is 0 Å². The van der Waals surface area contributed by atoms with Crippen LogP contribution in [-0.4, -0.2) is 5.78 Å². The van der Waals surface area contributed by atoms with Gasteiger partial charge in [0.15, 0.2) is 0 Å². The minimum Gasteiger partial charge on any atom is -0.300 e. The Labute approximate surface area is 72.7 Å². The molecule has 0 saturated carbocycles. The zero-order valence-corrected chi connectivity index (χ0v) is 5.71. The molecule has 5 heavy (non-hydrogen) atoms. The molecule has 0 N–H and O–H groups in total. The van der Waals surface area contributed by atoms with Crippen molar-refractivity contribution in [1.82, 2.24) is 0 Å². The van der Waals surface area contributed by atoms with E-state index >= 15 is 0 Å². The summed E-state index contributed by atoms with van der Waals surface area (Å²) in [4.78, 5) is 9.44.